The van der Waals surface area contributed by atoms with E-state index in [0.717, 1.165) is 11.1 Å². The Morgan fingerprint density at radius 3 is 2.84 bits per heavy atom. The van der Waals surface area contributed by atoms with E-state index >= 15 is 0 Å². The molecule has 0 radical (unpaired) electrons. The molecule has 6 nitrogen and oxygen atoms in total. The number of amidine groups is 1. The van der Waals surface area contributed by atoms with Crippen LogP contribution in [0, 0.1) is 13.8 Å². The fraction of sp³-hybridized carbons (Fsp3) is 0.154. The molecule has 0 unspecified atom stereocenters. The monoisotopic (exact) mass is 258 g/mol. The summed E-state index contributed by atoms with van der Waals surface area (Å²) in [6.45, 7) is 3.96. The fourth-order valence-electron chi connectivity index (χ4n) is 1.52. The van der Waals surface area contributed by atoms with Gasteiger partial charge in [0.2, 0.25) is 5.88 Å². The number of ether oxygens (including phenoxy) is 1. The van der Waals surface area contributed by atoms with Crippen LogP contribution in [0.1, 0.15) is 16.8 Å². The van der Waals surface area contributed by atoms with Crippen LogP contribution in [0.4, 0.5) is 0 Å². The van der Waals surface area contributed by atoms with Gasteiger partial charge in [0, 0.05) is 0 Å². The SMILES string of the molecule is Cc1cccc(Oc2cncc(/C(N)=N/O)n2)c1C. The molecule has 6 heteroatoms. The van der Waals surface area contributed by atoms with Crippen molar-refractivity contribution in [3.63, 3.8) is 0 Å². The first-order valence-electron chi connectivity index (χ1n) is 5.66. The maximum Gasteiger partial charge on any atom is 0.238 e. The number of aromatic nitrogens is 2. The normalized spacial score (nSPS) is 11.4. The number of hydrogen-bond acceptors (Lipinski definition) is 5. The highest BCUT2D eigenvalue weighted by Gasteiger charge is 2.07. The molecule has 1 aromatic carbocycles. The smallest absolute Gasteiger partial charge is 0.238 e. The van der Waals surface area contributed by atoms with Gasteiger partial charge < -0.3 is 15.7 Å². The van der Waals surface area contributed by atoms with E-state index in [4.69, 9.17) is 15.7 Å². The highest BCUT2D eigenvalue weighted by Crippen LogP contribution is 2.25. The average molecular weight is 258 g/mol. The van der Waals surface area contributed by atoms with Gasteiger partial charge in [0.1, 0.15) is 11.4 Å². The van der Waals surface area contributed by atoms with Gasteiger partial charge in [0.25, 0.3) is 0 Å². The maximum atomic E-state index is 8.60. The van der Waals surface area contributed by atoms with Crippen LogP contribution in [0.2, 0.25) is 0 Å². The van der Waals surface area contributed by atoms with Crippen molar-refractivity contribution in [1.82, 2.24) is 9.97 Å². The van der Waals surface area contributed by atoms with Crippen molar-refractivity contribution in [2.24, 2.45) is 10.9 Å². The van der Waals surface area contributed by atoms with Gasteiger partial charge in [-0.2, -0.15) is 0 Å². The molecular formula is C13H14N4O2. The van der Waals surface area contributed by atoms with Gasteiger partial charge in [-0.05, 0) is 31.0 Å². The number of benzene rings is 1. The van der Waals surface area contributed by atoms with Gasteiger partial charge in [0.05, 0.1) is 12.4 Å². The highest BCUT2D eigenvalue weighted by atomic mass is 16.5. The first kappa shape index (κ1) is 12.8. The number of nitrogens with two attached hydrogens (primary N) is 1. The zero-order valence-corrected chi connectivity index (χ0v) is 10.7. The van der Waals surface area contributed by atoms with E-state index in [1.165, 1.54) is 12.4 Å². The minimum absolute atomic E-state index is 0.112. The van der Waals surface area contributed by atoms with Crippen molar-refractivity contribution in [2.45, 2.75) is 13.8 Å². The van der Waals surface area contributed by atoms with Crippen LogP contribution in [0.25, 0.3) is 0 Å². The minimum Gasteiger partial charge on any atom is -0.437 e. The van der Waals surface area contributed by atoms with Crippen molar-refractivity contribution in [3.05, 3.63) is 47.4 Å². The minimum atomic E-state index is -0.112. The molecular weight excluding hydrogens is 244 g/mol. The Balaban J connectivity index is 2.31. The lowest BCUT2D eigenvalue weighted by Crippen LogP contribution is -2.15. The summed E-state index contributed by atoms with van der Waals surface area (Å²) >= 11 is 0. The fourth-order valence-corrected chi connectivity index (χ4v) is 1.52. The Labute approximate surface area is 110 Å². The maximum absolute atomic E-state index is 8.60. The molecule has 0 fully saturated rings. The number of nitrogens with zero attached hydrogens (tertiary/aromatic N) is 3. The third kappa shape index (κ3) is 2.79. The molecule has 0 aliphatic carbocycles. The summed E-state index contributed by atoms with van der Waals surface area (Å²) < 4.78 is 5.66. The third-order valence-electron chi connectivity index (χ3n) is 2.75. The van der Waals surface area contributed by atoms with Crippen LogP contribution >= 0.6 is 0 Å². The molecule has 0 aliphatic rings. The van der Waals surface area contributed by atoms with E-state index in [9.17, 15) is 0 Å². The Morgan fingerprint density at radius 1 is 1.32 bits per heavy atom. The van der Waals surface area contributed by atoms with E-state index in [1.807, 2.05) is 32.0 Å². The molecule has 1 heterocycles. The molecule has 0 amide bonds. The van der Waals surface area contributed by atoms with Crippen molar-refractivity contribution in [3.8, 4) is 11.6 Å². The quantitative estimate of drug-likeness (QED) is 0.380. The first-order valence-corrected chi connectivity index (χ1v) is 5.66. The van der Waals surface area contributed by atoms with E-state index in [1.54, 1.807) is 0 Å². The molecule has 0 aliphatic heterocycles. The lowest BCUT2D eigenvalue weighted by molar-refractivity contribution is 0.318. The van der Waals surface area contributed by atoms with Gasteiger partial charge in [-0.3, -0.25) is 4.98 Å². The van der Waals surface area contributed by atoms with Crippen LogP contribution in [0.15, 0.2) is 35.7 Å². The largest absolute Gasteiger partial charge is 0.437 e. The van der Waals surface area contributed by atoms with Gasteiger partial charge in [-0.25, -0.2) is 4.98 Å². The predicted octanol–water partition coefficient (Wildman–Crippen LogP) is 1.98. The number of rotatable bonds is 3. The molecule has 0 saturated carbocycles. The summed E-state index contributed by atoms with van der Waals surface area (Å²) in [7, 11) is 0. The van der Waals surface area contributed by atoms with Crippen LogP contribution in [-0.4, -0.2) is 21.0 Å². The molecule has 98 valence electrons. The molecule has 19 heavy (non-hydrogen) atoms. The van der Waals surface area contributed by atoms with Crippen molar-refractivity contribution < 1.29 is 9.94 Å². The molecule has 2 rings (SSSR count). The zero-order chi connectivity index (χ0) is 13.8. The molecule has 0 spiro atoms. The molecule has 3 N–H and O–H groups in total. The second-order valence-electron chi connectivity index (χ2n) is 4.03. The lowest BCUT2D eigenvalue weighted by atomic mass is 10.1. The van der Waals surface area contributed by atoms with Crippen LogP contribution in [-0.2, 0) is 0 Å². The van der Waals surface area contributed by atoms with E-state index in [-0.39, 0.29) is 17.4 Å². The van der Waals surface area contributed by atoms with Gasteiger partial charge in [0.15, 0.2) is 5.84 Å². The van der Waals surface area contributed by atoms with E-state index in [0.29, 0.717) is 5.75 Å². The Kier molecular flexibility index (Phi) is 3.61. The third-order valence-corrected chi connectivity index (χ3v) is 2.75. The first-order chi connectivity index (χ1) is 9.11. The summed E-state index contributed by atoms with van der Waals surface area (Å²) in [4.78, 5) is 8.05. The summed E-state index contributed by atoms with van der Waals surface area (Å²) in [5.41, 5.74) is 7.86. The van der Waals surface area contributed by atoms with E-state index in [2.05, 4.69) is 15.1 Å². The average Bonchev–Trinajstić information content (AvgIpc) is 2.43. The van der Waals surface area contributed by atoms with Crippen molar-refractivity contribution >= 4 is 5.84 Å². The summed E-state index contributed by atoms with van der Waals surface area (Å²) in [6, 6.07) is 5.75. The Morgan fingerprint density at radius 2 is 2.11 bits per heavy atom. The zero-order valence-electron chi connectivity index (χ0n) is 10.7. The lowest BCUT2D eigenvalue weighted by Gasteiger charge is -2.09. The van der Waals surface area contributed by atoms with Crippen LogP contribution in [0.3, 0.4) is 0 Å². The molecule has 2 aromatic rings. The number of hydrogen-bond donors (Lipinski definition) is 2. The topological polar surface area (TPSA) is 93.6 Å². The molecule has 0 bridgehead atoms. The number of aryl methyl sites for hydroxylation is 1. The molecule has 0 saturated heterocycles. The van der Waals surface area contributed by atoms with Crippen molar-refractivity contribution in [2.75, 3.05) is 0 Å². The predicted molar refractivity (Wildman–Crippen MR) is 70.5 cm³/mol. The van der Waals surface area contributed by atoms with Gasteiger partial charge in [-0.15, -0.1) is 0 Å². The van der Waals surface area contributed by atoms with Crippen molar-refractivity contribution in [1.29, 1.82) is 0 Å². The summed E-state index contributed by atoms with van der Waals surface area (Å²) in [5, 5.41) is 11.5. The van der Waals surface area contributed by atoms with Crippen LogP contribution < -0.4 is 10.5 Å². The second kappa shape index (κ2) is 5.34. The second-order valence-corrected chi connectivity index (χ2v) is 4.03. The highest BCUT2D eigenvalue weighted by molar-refractivity contribution is 5.94. The van der Waals surface area contributed by atoms with Gasteiger partial charge >= 0.3 is 0 Å². The van der Waals surface area contributed by atoms with Crippen LogP contribution in [0.5, 0.6) is 11.6 Å². The standard InChI is InChI=1S/C13H14N4O2/c1-8-4-3-5-11(9(8)2)19-12-7-15-6-10(16-12)13(14)17-18/h3-7,18H,1-2H3,(H2,14,17). The molecule has 1 aromatic heterocycles. The molecule has 0 atom stereocenters. The Hall–Kier alpha value is -2.63. The summed E-state index contributed by atoms with van der Waals surface area (Å²) in [6.07, 6.45) is 2.86. The Bertz CT molecular complexity index is 626. The summed E-state index contributed by atoms with van der Waals surface area (Å²) in [5.74, 6) is 0.877. The van der Waals surface area contributed by atoms with Gasteiger partial charge in [-0.1, -0.05) is 17.3 Å². The van der Waals surface area contributed by atoms with E-state index < -0.39 is 0 Å². The number of oxime groups is 1.